The maximum Gasteiger partial charge on any atom is 0.155 e. The van der Waals surface area contributed by atoms with Crippen molar-refractivity contribution in [2.75, 3.05) is 13.2 Å². The molecule has 0 bridgehead atoms. The van der Waals surface area contributed by atoms with Crippen LogP contribution >= 0.6 is 9.03 Å². The minimum atomic E-state index is 0.295. The molecule has 0 atom stereocenters. The van der Waals surface area contributed by atoms with Crippen LogP contribution in [0.2, 0.25) is 0 Å². The van der Waals surface area contributed by atoms with Gasteiger partial charge in [0.1, 0.15) is 0 Å². The van der Waals surface area contributed by atoms with Gasteiger partial charge in [0.25, 0.3) is 0 Å². The first-order valence-corrected chi connectivity index (χ1v) is 3.30. The first-order valence-electron chi connectivity index (χ1n) is 2.49. The summed E-state index contributed by atoms with van der Waals surface area (Å²) in [7, 11) is 0.295. The molecular weight excluding hydrogens is 111 g/mol. The van der Waals surface area contributed by atoms with Crippen molar-refractivity contribution in [1.82, 2.24) is 0 Å². The third-order valence-electron chi connectivity index (χ3n) is 0.861. The molecule has 1 heterocycles. The van der Waals surface area contributed by atoms with Crippen LogP contribution in [0.5, 0.6) is 0 Å². The van der Waals surface area contributed by atoms with Gasteiger partial charge in [-0.15, -0.1) is 0 Å². The minimum absolute atomic E-state index is 0.295. The van der Waals surface area contributed by atoms with Crippen LogP contribution in [0.15, 0.2) is 0 Å². The first-order chi connectivity index (χ1) is 3.50. The van der Waals surface area contributed by atoms with Crippen molar-refractivity contribution in [3.05, 3.63) is 0 Å². The number of hydrogen-bond acceptors (Lipinski definition) is 2. The molecule has 0 saturated carbocycles. The summed E-state index contributed by atoms with van der Waals surface area (Å²) in [4.78, 5) is 0. The summed E-state index contributed by atoms with van der Waals surface area (Å²) >= 11 is 0. The largest absolute Gasteiger partial charge is 0.336 e. The zero-order valence-electron chi connectivity index (χ0n) is 4.14. The number of rotatable bonds is 0. The maximum absolute atomic E-state index is 5.00. The van der Waals surface area contributed by atoms with E-state index in [1.54, 1.807) is 0 Å². The molecule has 0 aromatic heterocycles. The quantitative estimate of drug-likeness (QED) is 0.449. The third-order valence-corrected chi connectivity index (χ3v) is 1.50. The summed E-state index contributed by atoms with van der Waals surface area (Å²) in [6.07, 6.45) is 2.32. The van der Waals surface area contributed by atoms with Crippen molar-refractivity contribution in [2.45, 2.75) is 12.8 Å². The molecule has 1 saturated heterocycles. The van der Waals surface area contributed by atoms with Gasteiger partial charge in [0.15, 0.2) is 9.03 Å². The van der Waals surface area contributed by atoms with Gasteiger partial charge in [-0.25, -0.2) is 0 Å². The summed E-state index contributed by atoms with van der Waals surface area (Å²) in [5.74, 6) is 0. The molecule has 1 aliphatic heterocycles. The highest BCUT2D eigenvalue weighted by atomic mass is 31.1. The van der Waals surface area contributed by atoms with Gasteiger partial charge in [-0.3, -0.25) is 0 Å². The Hall–Kier alpha value is 0.350. The molecule has 1 aliphatic rings. The van der Waals surface area contributed by atoms with Crippen molar-refractivity contribution >= 4 is 9.03 Å². The third kappa shape index (κ3) is 2.22. The van der Waals surface area contributed by atoms with Crippen molar-refractivity contribution in [2.24, 2.45) is 0 Å². The van der Waals surface area contributed by atoms with Gasteiger partial charge in [-0.2, -0.15) is 0 Å². The fraction of sp³-hybridized carbons (Fsp3) is 1.00. The van der Waals surface area contributed by atoms with Crippen molar-refractivity contribution in [1.29, 1.82) is 0 Å². The summed E-state index contributed by atoms with van der Waals surface area (Å²) in [5.41, 5.74) is 0. The van der Waals surface area contributed by atoms with Gasteiger partial charge in [-0.1, -0.05) is 0 Å². The molecule has 7 heavy (non-hydrogen) atoms. The predicted molar refractivity (Wildman–Crippen MR) is 29.5 cm³/mol. The van der Waals surface area contributed by atoms with Gasteiger partial charge in [0.2, 0.25) is 0 Å². The van der Waals surface area contributed by atoms with Crippen molar-refractivity contribution < 1.29 is 9.05 Å². The molecule has 1 fully saturated rings. The Kier molecular flexibility index (Phi) is 2.64. The van der Waals surface area contributed by atoms with E-state index in [9.17, 15) is 0 Å². The highest BCUT2D eigenvalue weighted by molar-refractivity contribution is 7.26. The molecule has 0 unspecified atom stereocenters. The second-order valence-electron chi connectivity index (χ2n) is 1.49. The standard InChI is InChI=1S/C4H9O2P/c1-2-4-6-7-5-3-1/h7H,1-4H2. The van der Waals surface area contributed by atoms with Gasteiger partial charge in [0, 0.05) is 0 Å². The maximum atomic E-state index is 5.00. The molecule has 0 amide bonds. The Morgan fingerprint density at radius 3 is 2.14 bits per heavy atom. The van der Waals surface area contributed by atoms with Crippen LogP contribution in [0.1, 0.15) is 12.8 Å². The lowest BCUT2D eigenvalue weighted by molar-refractivity contribution is 0.313. The lowest BCUT2D eigenvalue weighted by Gasteiger charge is -1.92. The first kappa shape index (κ1) is 5.49. The van der Waals surface area contributed by atoms with Crippen LogP contribution in [0.25, 0.3) is 0 Å². The molecule has 3 heteroatoms. The van der Waals surface area contributed by atoms with Crippen molar-refractivity contribution in [3.8, 4) is 0 Å². The van der Waals surface area contributed by atoms with E-state index >= 15 is 0 Å². The van der Waals surface area contributed by atoms with E-state index in [1.807, 2.05) is 0 Å². The molecule has 0 aliphatic carbocycles. The van der Waals surface area contributed by atoms with Gasteiger partial charge in [-0.05, 0) is 12.8 Å². The van der Waals surface area contributed by atoms with E-state index in [0.29, 0.717) is 9.03 Å². The lowest BCUT2D eigenvalue weighted by Crippen LogP contribution is -1.82. The van der Waals surface area contributed by atoms with Crippen LogP contribution in [-0.2, 0) is 9.05 Å². The van der Waals surface area contributed by atoms with Gasteiger partial charge < -0.3 is 9.05 Å². The zero-order chi connectivity index (χ0) is 4.95. The summed E-state index contributed by atoms with van der Waals surface area (Å²) in [5, 5.41) is 0. The molecular formula is C4H9O2P. The monoisotopic (exact) mass is 120 g/mol. The van der Waals surface area contributed by atoms with Crippen LogP contribution in [0.3, 0.4) is 0 Å². The summed E-state index contributed by atoms with van der Waals surface area (Å²) < 4.78 is 10.0. The van der Waals surface area contributed by atoms with Crippen LogP contribution in [-0.4, -0.2) is 13.2 Å². The van der Waals surface area contributed by atoms with Crippen LogP contribution in [0, 0.1) is 0 Å². The Morgan fingerprint density at radius 2 is 1.57 bits per heavy atom. The molecule has 1 rings (SSSR count). The normalized spacial score (nSPS) is 24.0. The number of hydrogen-bond donors (Lipinski definition) is 0. The predicted octanol–water partition coefficient (Wildman–Crippen LogP) is 1.32. The summed E-state index contributed by atoms with van der Waals surface area (Å²) in [6.45, 7) is 1.77. The van der Waals surface area contributed by atoms with Gasteiger partial charge in [0.05, 0.1) is 13.2 Å². The molecule has 0 aromatic rings. The van der Waals surface area contributed by atoms with E-state index in [-0.39, 0.29) is 0 Å². The smallest absolute Gasteiger partial charge is 0.155 e. The second kappa shape index (κ2) is 3.36. The van der Waals surface area contributed by atoms with Crippen LogP contribution in [0.4, 0.5) is 0 Å². The highest BCUT2D eigenvalue weighted by Gasteiger charge is 1.95. The van der Waals surface area contributed by atoms with E-state index in [4.69, 9.17) is 9.05 Å². The van der Waals surface area contributed by atoms with Gasteiger partial charge >= 0.3 is 0 Å². The molecule has 42 valence electrons. The average Bonchev–Trinajstić information content (AvgIpc) is 1.90. The molecule has 0 N–H and O–H groups in total. The Morgan fingerprint density at radius 1 is 1.00 bits per heavy atom. The lowest BCUT2D eigenvalue weighted by atomic mass is 10.3. The molecule has 0 aromatic carbocycles. The van der Waals surface area contributed by atoms with E-state index < -0.39 is 0 Å². The molecule has 2 nitrogen and oxygen atoms in total. The average molecular weight is 120 g/mol. The topological polar surface area (TPSA) is 18.5 Å². The van der Waals surface area contributed by atoms with Crippen LogP contribution < -0.4 is 0 Å². The minimum Gasteiger partial charge on any atom is -0.336 e. The van der Waals surface area contributed by atoms with E-state index in [0.717, 1.165) is 26.1 Å². The fourth-order valence-corrected chi connectivity index (χ4v) is 1.01. The Labute approximate surface area is 45.1 Å². The Balaban J connectivity index is 2.04. The molecule has 0 spiro atoms. The van der Waals surface area contributed by atoms with Crippen molar-refractivity contribution in [3.63, 3.8) is 0 Å². The Bertz CT molecular complexity index is 29.3. The highest BCUT2D eigenvalue weighted by Crippen LogP contribution is 2.17. The zero-order valence-corrected chi connectivity index (χ0v) is 5.14. The van der Waals surface area contributed by atoms with E-state index in [2.05, 4.69) is 0 Å². The fourth-order valence-electron chi connectivity index (χ4n) is 0.473. The second-order valence-corrected chi connectivity index (χ2v) is 2.23. The SMILES string of the molecule is C1CCOPOC1. The summed E-state index contributed by atoms with van der Waals surface area (Å²) in [6, 6.07) is 0. The molecule has 0 radical (unpaired) electrons. The van der Waals surface area contributed by atoms with E-state index in [1.165, 1.54) is 0 Å².